The molecule has 4 nitrogen and oxygen atoms in total. The van der Waals surface area contributed by atoms with Crippen molar-refractivity contribution in [3.63, 3.8) is 0 Å². The van der Waals surface area contributed by atoms with Crippen molar-refractivity contribution in [3.8, 4) is 0 Å². The molecule has 2 amide bonds. The highest BCUT2D eigenvalue weighted by molar-refractivity contribution is 6.30. The number of urea groups is 1. The van der Waals surface area contributed by atoms with E-state index in [-0.39, 0.29) is 12.1 Å². The minimum Gasteiger partial charge on any atom is -0.386 e. The molecule has 110 valence electrons. The van der Waals surface area contributed by atoms with E-state index in [4.69, 9.17) is 11.6 Å². The zero-order chi connectivity index (χ0) is 15.2. The van der Waals surface area contributed by atoms with Gasteiger partial charge >= 0.3 is 6.03 Å². The fraction of sp³-hybridized carbons (Fsp3) is 0.133. The van der Waals surface area contributed by atoms with Gasteiger partial charge in [-0.1, -0.05) is 35.9 Å². The Morgan fingerprint density at radius 2 is 2.00 bits per heavy atom. The summed E-state index contributed by atoms with van der Waals surface area (Å²) in [6.07, 6.45) is -1.11. The summed E-state index contributed by atoms with van der Waals surface area (Å²) in [5, 5.41) is 15.4. The van der Waals surface area contributed by atoms with Gasteiger partial charge in [-0.15, -0.1) is 0 Å². The first-order valence-electron chi connectivity index (χ1n) is 6.29. The quantitative estimate of drug-likeness (QED) is 0.811. The lowest BCUT2D eigenvalue weighted by Gasteiger charge is -2.13. The molecule has 6 heteroatoms. The van der Waals surface area contributed by atoms with Gasteiger partial charge in [0.15, 0.2) is 0 Å². The van der Waals surface area contributed by atoms with E-state index in [2.05, 4.69) is 10.6 Å². The Balaban J connectivity index is 1.88. The minimum absolute atomic E-state index is 0.104. The summed E-state index contributed by atoms with van der Waals surface area (Å²) in [5.41, 5.74) is 0.668. The molecular weight excluding hydrogens is 295 g/mol. The maximum atomic E-state index is 13.5. The lowest BCUT2D eigenvalue weighted by molar-refractivity contribution is 0.170. The average Bonchev–Trinajstić information content (AvgIpc) is 2.45. The van der Waals surface area contributed by atoms with E-state index < -0.39 is 18.0 Å². The van der Waals surface area contributed by atoms with Gasteiger partial charge in [0, 0.05) is 22.8 Å². The smallest absolute Gasteiger partial charge is 0.319 e. The van der Waals surface area contributed by atoms with E-state index in [9.17, 15) is 14.3 Å². The zero-order valence-electron chi connectivity index (χ0n) is 11.0. The lowest BCUT2D eigenvalue weighted by Crippen LogP contribution is -2.32. The summed E-state index contributed by atoms with van der Waals surface area (Å²) in [6, 6.07) is 12.0. The average molecular weight is 309 g/mol. The van der Waals surface area contributed by atoms with Gasteiger partial charge in [0.1, 0.15) is 5.82 Å². The van der Waals surface area contributed by atoms with Crippen molar-refractivity contribution in [2.45, 2.75) is 6.10 Å². The van der Waals surface area contributed by atoms with Gasteiger partial charge in [-0.2, -0.15) is 0 Å². The SMILES string of the molecule is O=C(NC[C@H](O)c1ccccc1F)Nc1cccc(Cl)c1. The number of rotatable bonds is 4. The number of amides is 2. The van der Waals surface area contributed by atoms with Crippen molar-refractivity contribution in [1.82, 2.24) is 5.32 Å². The van der Waals surface area contributed by atoms with Gasteiger partial charge < -0.3 is 15.7 Å². The second kappa shape index (κ2) is 7.06. The van der Waals surface area contributed by atoms with Crippen molar-refractivity contribution in [3.05, 3.63) is 64.9 Å². The summed E-state index contributed by atoms with van der Waals surface area (Å²) in [5.74, 6) is -0.512. The second-order valence-corrected chi connectivity index (χ2v) is 4.82. The van der Waals surface area contributed by atoms with Gasteiger partial charge in [-0.25, -0.2) is 9.18 Å². The van der Waals surface area contributed by atoms with Crippen LogP contribution in [-0.2, 0) is 0 Å². The number of hydrogen-bond donors (Lipinski definition) is 3. The number of aliphatic hydroxyl groups excluding tert-OH is 1. The summed E-state index contributed by atoms with van der Waals surface area (Å²) in [7, 11) is 0. The number of benzene rings is 2. The monoisotopic (exact) mass is 308 g/mol. The molecule has 0 aromatic heterocycles. The predicted molar refractivity (Wildman–Crippen MR) is 79.8 cm³/mol. The first kappa shape index (κ1) is 15.3. The Morgan fingerprint density at radius 1 is 1.24 bits per heavy atom. The largest absolute Gasteiger partial charge is 0.386 e. The van der Waals surface area contributed by atoms with Gasteiger partial charge in [-0.3, -0.25) is 0 Å². The number of halogens is 2. The van der Waals surface area contributed by atoms with Crippen molar-refractivity contribution < 1.29 is 14.3 Å². The topological polar surface area (TPSA) is 61.4 Å². The maximum absolute atomic E-state index is 13.5. The fourth-order valence-electron chi connectivity index (χ4n) is 1.79. The highest BCUT2D eigenvalue weighted by Crippen LogP contribution is 2.16. The van der Waals surface area contributed by atoms with E-state index in [1.807, 2.05) is 0 Å². The molecule has 0 radical (unpaired) electrons. The molecule has 2 aromatic rings. The fourth-order valence-corrected chi connectivity index (χ4v) is 1.98. The lowest BCUT2D eigenvalue weighted by atomic mass is 10.1. The van der Waals surface area contributed by atoms with Crippen LogP contribution < -0.4 is 10.6 Å². The molecule has 0 aliphatic heterocycles. The normalized spacial score (nSPS) is 11.8. The van der Waals surface area contributed by atoms with E-state index in [1.165, 1.54) is 18.2 Å². The van der Waals surface area contributed by atoms with Crippen LogP contribution in [0.5, 0.6) is 0 Å². The van der Waals surface area contributed by atoms with Crippen LogP contribution in [-0.4, -0.2) is 17.7 Å². The molecule has 3 N–H and O–H groups in total. The number of anilines is 1. The van der Waals surface area contributed by atoms with Gasteiger partial charge in [0.2, 0.25) is 0 Å². The molecule has 0 fully saturated rings. The van der Waals surface area contributed by atoms with Crippen LogP contribution in [0.1, 0.15) is 11.7 Å². The summed E-state index contributed by atoms with van der Waals surface area (Å²) < 4.78 is 13.5. The first-order chi connectivity index (χ1) is 10.1. The molecule has 1 atom stereocenters. The highest BCUT2D eigenvalue weighted by atomic mass is 35.5. The third-order valence-electron chi connectivity index (χ3n) is 2.80. The molecule has 0 aliphatic carbocycles. The maximum Gasteiger partial charge on any atom is 0.319 e. The van der Waals surface area contributed by atoms with Crippen LogP contribution in [0.4, 0.5) is 14.9 Å². The van der Waals surface area contributed by atoms with Gasteiger partial charge in [-0.05, 0) is 24.3 Å². The van der Waals surface area contributed by atoms with Gasteiger partial charge in [0.05, 0.1) is 6.10 Å². The Hall–Kier alpha value is -2.11. The summed E-state index contributed by atoms with van der Waals surface area (Å²) >= 11 is 5.80. The first-order valence-corrected chi connectivity index (χ1v) is 6.67. The van der Waals surface area contributed by atoms with Crippen molar-refractivity contribution in [2.24, 2.45) is 0 Å². The van der Waals surface area contributed by atoms with Gasteiger partial charge in [0.25, 0.3) is 0 Å². The predicted octanol–water partition coefficient (Wildman–Crippen LogP) is 3.33. The van der Waals surface area contributed by atoms with E-state index in [1.54, 1.807) is 30.3 Å². The molecule has 0 heterocycles. The molecule has 0 saturated carbocycles. The number of aliphatic hydroxyl groups is 1. The van der Waals surface area contributed by atoms with Crippen LogP contribution in [0.15, 0.2) is 48.5 Å². The third-order valence-corrected chi connectivity index (χ3v) is 3.04. The molecule has 0 aliphatic rings. The molecule has 0 saturated heterocycles. The van der Waals surface area contributed by atoms with E-state index >= 15 is 0 Å². The minimum atomic E-state index is -1.11. The molecular formula is C15H14ClFN2O2. The summed E-state index contributed by atoms with van der Waals surface area (Å²) in [4.78, 5) is 11.7. The van der Waals surface area contributed by atoms with Crippen LogP contribution in [0, 0.1) is 5.82 Å². The number of hydrogen-bond acceptors (Lipinski definition) is 2. The van der Waals surface area contributed by atoms with Crippen molar-refractivity contribution in [1.29, 1.82) is 0 Å². The molecule has 2 rings (SSSR count). The van der Waals surface area contributed by atoms with Crippen LogP contribution >= 0.6 is 11.6 Å². The summed E-state index contributed by atoms with van der Waals surface area (Å²) in [6.45, 7) is -0.104. The van der Waals surface area contributed by atoms with Crippen molar-refractivity contribution >= 4 is 23.3 Å². The Bertz CT molecular complexity index is 637. The second-order valence-electron chi connectivity index (χ2n) is 4.38. The van der Waals surface area contributed by atoms with Crippen LogP contribution in [0.2, 0.25) is 5.02 Å². The molecule has 2 aromatic carbocycles. The molecule has 0 spiro atoms. The van der Waals surface area contributed by atoms with Crippen LogP contribution in [0.3, 0.4) is 0 Å². The molecule has 0 bridgehead atoms. The Morgan fingerprint density at radius 3 is 2.71 bits per heavy atom. The Kier molecular flexibility index (Phi) is 5.14. The van der Waals surface area contributed by atoms with E-state index in [0.29, 0.717) is 10.7 Å². The highest BCUT2D eigenvalue weighted by Gasteiger charge is 2.13. The zero-order valence-corrected chi connectivity index (χ0v) is 11.8. The third kappa shape index (κ3) is 4.44. The molecule has 21 heavy (non-hydrogen) atoms. The standard InChI is InChI=1S/C15H14ClFN2O2/c16-10-4-3-5-11(8-10)19-15(21)18-9-14(20)12-6-1-2-7-13(12)17/h1-8,14,20H,9H2,(H2,18,19,21)/t14-/m0/s1. The number of carbonyl (C=O) groups excluding carboxylic acids is 1. The number of carbonyl (C=O) groups is 1. The number of nitrogens with one attached hydrogen (secondary N) is 2. The van der Waals surface area contributed by atoms with Crippen molar-refractivity contribution in [2.75, 3.05) is 11.9 Å². The molecule has 0 unspecified atom stereocenters. The van der Waals surface area contributed by atoms with Crippen LogP contribution in [0.25, 0.3) is 0 Å². The Labute approximate surface area is 126 Å². The van der Waals surface area contributed by atoms with E-state index in [0.717, 1.165) is 0 Å².